The summed E-state index contributed by atoms with van der Waals surface area (Å²) < 4.78 is 6.32. The molecule has 4 heteroatoms. The molecule has 0 radical (unpaired) electrons. The maximum absolute atomic E-state index is 12.9. The molecule has 9 atom stereocenters. The second kappa shape index (κ2) is 7.43. The molecule has 0 aromatic rings. The molecule has 0 aliphatic heterocycles. The Labute approximate surface area is 206 Å². The van der Waals surface area contributed by atoms with Gasteiger partial charge in [0, 0.05) is 24.9 Å². The highest BCUT2D eigenvalue weighted by atomic mass is 16.5. The highest BCUT2D eigenvalue weighted by Crippen LogP contribution is 2.71. The molecular formula is C30H46O4. The Bertz CT molecular complexity index is 934. The predicted molar refractivity (Wildman–Crippen MR) is 133 cm³/mol. The third-order valence-corrected chi connectivity index (χ3v) is 12.5. The molecule has 0 heterocycles. The number of rotatable bonds is 2. The molecule has 5 aliphatic carbocycles. The van der Waals surface area contributed by atoms with Crippen LogP contribution in [-0.2, 0) is 14.3 Å². The molecule has 34 heavy (non-hydrogen) atoms. The van der Waals surface area contributed by atoms with Gasteiger partial charge in [-0.1, -0.05) is 46.3 Å². The number of carboxylic acids is 1. The number of allylic oxidation sites excluding steroid dienone is 1. The first-order valence-electron chi connectivity index (χ1n) is 13.7. The molecule has 0 aromatic heterocycles. The lowest BCUT2D eigenvalue weighted by molar-refractivity contribution is -0.192. The van der Waals surface area contributed by atoms with Crippen LogP contribution >= 0.6 is 0 Å². The molecule has 4 nitrogen and oxygen atoms in total. The smallest absolute Gasteiger partial charge is 0.309 e. The Morgan fingerprint density at radius 1 is 0.941 bits per heavy atom. The molecule has 9 unspecified atom stereocenters. The Morgan fingerprint density at radius 2 is 1.65 bits per heavy atom. The van der Waals surface area contributed by atoms with Crippen molar-refractivity contribution in [1.82, 2.24) is 0 Å². The SMILES string of the molecule is COC1C=C2C3CC(C)(C(=O)O)CCC3(C)CCC2C2(C)CCC3C(C)(C)C(=O)CCC3(C)C12. The van der Waals surface area contributed by atoms with Gasteiger partial charge < -0.3 is 9.84 Å². The summed E-state index contributed by atoms with van der Waals surface area (Å²) in [5, 5.41) is 10.1. The van der Waals surface area contributed by atoms with Gasteiger partial charge in [-0.05, 0) is 92.3 Å². The molecular weight excluding hydrogens is 424 g/mol. The average Bonchev–Trinajstić information content (AvgIpc) is 2.76. The number of ketones is 1. The van der Waals surface area contributed by atoms with Gasteiger partial charge in [0.25, 0.3) is 0 Å². The fraction of sp³-hybridized carbons (Fsp3) is 0.867. The van der Waals surface area contributed by atoms with Crippen LogP contribution in [0, 0.1) is 50.7 Å². The number of Topliss-reactive ketones (excluding diaryl/α,β-unsaturated/α-hetero) is 1. The van der Waals surface area contributed by atoms with Crippen molar-refractivity contribution >= 4 is 11.8 Å². The van der Waals surface area contributed by atoms with Gasteiger partial charge in [0.15, 0.2) is 0 Å². The molecule has 1 N–H and O–H groups in total. The van der Waals surface area contributed by atoms with Crippen molar-refractivity contribution in [2.75, 3.05) is 7.11 Å². The number of hydrogen-bond acceptors (Lipinski definition) is 3. The van der Waals surface area contributed by atoms with E-state index in [0.717, 1.165) is 38.5 Å². The van der Waals surface area contributed by atoms with E-state index in [4.69, 9.17) is 4.74 Å². The Morgan fingerprint density at radius 3 is 2.29 bits per heavy atom. The van der Waals surface area contributed by atoms with Crippen LogP contribution in [0.4, 0.5) is 0 Å². The normalized spacial score (nSPS) is 51.9. The van der Waals surface area contributed by atoms with E-state index in [9.17, 15) is 14.7 Å². The van der Waals surface area contributed by atoms with E-state index in [0.29, 0.717) is 35.9 Å². The van der Waals surface area contributed by atoms with Crippen LogP contribution in [0.2, 0.25) is 0 Å². The molecule has 0 bridgehead atoms. The summed E-state index contributed by atoms with van der Waals surface area (Å²) in [4.78, 5) is 25.2. The van der Waals surface area contributed by atoms with Gasteiger partial charge in [-0.2, -0.15) is 0 Å². The molecule has 4 fully saturated rings. The summed E-state index contributed by atoms with van der Waals surface area (Å²) in [5.74, 6) is 1.41. The number of hydrogen-bond donors (Lipinski definition) is 1. The second-order valence-corrected chi connectivity index (χ2v) is 14.5. The summed E-state index contributed by atoms with van der Waals surface area (Å²) in [6, 6.07) is 0. The van der Waals surface area contributed by atoms with Gasteiger partial charge in [-0.25, -0.2) is 0 Å². The molecule has 0 amide bonds. The summed E-state index contributed by atoms with van der Waals surface area (Å²) >= 11 is 0. The van der Waals surface area contributed by atoms with Crippen molar-refractivity contribution in [3.05, 3.63) is 11.6 Å². The summed E-state index contributed by atoms with van der Waals surface area (Å²) in [5.41, 5.74) is 1.01. The van der Waals surface area contributed by atoms with Gasteiger partial charge in [0.2, 0.25) is 0 Å². The molecule has 0 saturated heterocycles. The van der Waals surface area contributed by atoms with E-state index < -0.39 is 11.4 Å². The average molecular weight is 471 g/mol. The molecule has 5 rings (SSSR count). The maximum atomic E-state index is 12.9. The van der Waals surface area contributed by atoms with E-state index in [2.05, 4.69) is 40.7 Å². The van der Waals surface area contributed by atoms with Gasteiger partial charge in [-0.3, -0.25) is 9.59 Å². The van der Waals surface area contributed by atoms with Crippen LogP contribution in [0.3, 0.4) is 0 Å². The van der Waals surface area contributed by atoms with Gasteiger partial charge in [0.05, 0.1) is 11.5 Å². The zero-order chi connectivity index (χ0) is 24.9. The van der Waals surface area contributed by atoms with E-state index in [1.54, 1.807) is 0 Å². The second-order valence-electron chi connectivity index (χ2n) is 14.5. The van der Waals surface area contributed by atoms with Crippen molar-refractivity contribution in [2.24, 2.45) is 50.7 Å². The first kappa shape index (κ1) is 24.5. The fourth-order valence-electron chi connectivity index (χ4n) is 10.3. The van der Waals surface area contributed by atoms with Crippen molar-refractivity contribution in [3.8, 4) is 0 Å². The van der Waals surface area contributed by atoms with Crippen molar-refractivity contribution in [3.63, 3.8) is 0 Å². The zero-order valence-corrected chi connectivity index (χ0v) is 22.5. The molecule has 5 aliphatic rings. The number of carboxylic acid groups (broad SMARTS) is 1. The Kier molecular flexibility index (Phi) is 5.36. The van der Waals surface area contributed by atoms with Gasteiger partial charge in [0.1, 0.15) is 5.78 Å². The predicted octanol–water partition coefficient (Wildman–Crippen LogP) is 6.68. The monoisotopic (exact) mass is 470 g/mol. The lowest BCUT2D eigenvalue weighted by atomic mass is 9.36. The first-order valence-corrected chi connectivity index (χ1v) is 13.7. The summed E-state index contributed by atoms with van der Waals surface area (Å²) in [6.07, 6.45) is 11.3. The van der Waals surface area contributed by atoms with Crippen molar-refractivity contribution in [2.45, 2.75) is 105 Å². The van der Waals surface area contributed by atoms with Crippen LogP contribution in [0.25, 0.3) is 0 Å². The number of methoxy groups -OCH3 is 1. The summed E-state index contributed by atoms with van der Waals surface area (Å²) in [6.45, 7) is 13.7. The topological polar surface area (TPSA) is 63.6 Å². The lowest BCUT2D eigenvalue weighted by Gasteiger charge is -2.68. The molecule has 4 saturated carbocycles. The summed E-state index contributed by atoms with van der Waals surface area (Å²) in [7, 11) is 1.86. The third-order valence-electron chi connectivity index (χ3n) is 12.5. The van der Waals surface area contributed by atoms with Crippen LogP contribution in [0.1, 0.15) is 99.3 Å². The highest BCUT2D eigenvalue weighted by molar-refractivity contribution is 5.85. The third kappa shape index (κ3) is 3.05. The standard InChI is InChI=1S/C30H46O4/c1-26(2)22-9-12-29(5)19-8-11-27(3)14-15-28(4,25(32)33)17-20(27)18(19)16-21(34-7)24(29)30(22,6)13-10-23(26)31/h16,19-22,24H,8-15,17H2,1-7H3,(H,32,33). The van der Waals surface area contributed by atoms with Crippen LogP contribution in [-0.4, -0.2) is 30.1 Å². The number of carbonyl (C=O) groups excluding carboxylic acids is 1. The van der Waals surface area contributed by atoms with E-state index in [1.807, 2.05) is 14.0 Å². The van der Waals surface area contributed by atoms with Crippen molar-refractivity contribution in [1.29, 1.82) is 0 Å². The zero-order valence-electron chi connectivity index (χ0n) is 22.5. The minimum Gasteiger partial charge on any atom is -0.481 e. The Hall–Kier alpha value is -1.16. The van der Waals surface area contributed by atoms with Crippen LogP contribution < -0.4 is 0 Å². The molecule has 190 valence electrons. The van der Waals surface area contributed by atoms with Crippen LogP contribution in [0.5, 0.6) is 0 Å². The number of fused-ring (bicyclic) bond motifs is 7. The maximum Gasteiger partial charge on any atom is 0.309 e. The minimum absolute atomic E-state index is 0.0356. The Balaban J connectivity index is 1.60. The first-order chi connectivity index (χ1) is 15.7. The molecule has 0 spiro atoms. The van der Waals surface area contributed by atoms with Gasteiger partial charge >= 0.3 is 5.97 Å². The molecule has 0 aromatic carbocycles. The largest absolute Gasteiger partial charge is 0.481 e. The number of carbonyl (C=O) groups is 2. The van der Waals surface area contributed by atoms with E-state index >= 15 is 0 Å². The van der Waals surface area contributed by atoms with Crippen molar-refractivity contribution < 1.29 is 19.4 Å². The van der Waals surface area contributed by atoms with E-state index in [-0.39, 0.29) is 27.8 Å². The lowest BCUT2D eigenvalue weighted by Crippen LogP contribution is -2.64. The fourth-order valence-corrected chi connectivity index (χ4v) is 10.3. The van der Waals surface area contributed by atoms with E-state index in [1.165, 1.54) is 18.4 Å². The highest BCUT2D eigenvalue weighted by Gasteiger charge is 2.67. The quantitative estimate of drug-likeness (QED) is 0.457. The number of aliphatic carboxylic acids is 1. The minimum atomic E-state index is -0.636. The number of ether oxygens (including phenoxy) is 1. The van der Waals surface area contributed by atoms with Crippen LogP contribution in [0.15, 0.2) is 11.6 Å². The van der Waals surface area contributed by atoms with Gasteiger partial charge in [-0.15, -0.1) is 0 Å².